The van der Waals surface area contributed by atoms with Crippen LogP contribution in [0.3, 0.4) is 0 Å². The monoisotopic (exact) mass is 477 g/mol. The molecule has 2 N–H and O–H groups in total. The van der Waals surface area contributed by atoms with E-state index in [0.717, 1.165) is 6.07 Å². The lowest BCUT2D eigenvalue weighted by Crippen LogP contribution is -2.21. The molecule has 0 fully saturated rings. The zero-order valence-electron chi connectivity index (χ0n) is 17.7. The Bertz CT molecular complexity index is 1400. The van der Waals surface area contributed by atoms with Gasteiger partial charge < -0.3 is 19.9 Å². The Hall–Kier alpha value is -4.55. The molecule has 0 saturated carbocycles. The number of nitriles is 1. The number of hydrogen-bond donors (Lipinski definition) is 1. The Balaban J connectivity index is 1.71. The van der Waals surface area contributed by atoms with Crippen LogP contribution in [0.5, 0.6) is 17.2 Å². The van der Waals surface area contributed by atoms with Crippen LogP contribution in [0.1, 0.15) is 27.4 Å². The summed E-state index contributed by atoms with van der Waals surface area (Å²) < 4.78 is 16.5. The molecule has 0 saturated heterocycles. The van der Waals surface area contributed by atoms with Crippen molar-refractivity contribution in [3.63, 3.8) is 0 Å². The maximum atomic E-state index is 12.6. The summed E-state index contributed by atoms with van der Waals surface area (Å²) in [5.41, 5.74) is 7.11. The van der Waals surface area contributed by atoms with Crippen LogP contribution in [-0.4, -0.2) is 18.0 Å². The second-order valence-corrected chi connectivity index (χ2v) is 7.58. The van der Waals surface area contributed by atoms with E-state index in [1.165, 1.54) is 31.4 Å². The Kier molecular flexibility index (Phi) is 6.08. The first-order valence-electron chi connectivity index (χ1n) is 9.84. The fourth-order valence-corrected chi connectivity index (χ4v) is 3.86. The van der Waals surface area contributed by atoms with Crippen molar-refractivity contribution in [1.29, 1.82) is 5.26 Å². The summed E-state index contributed by atoms with van der Waals surface area (Å²) in [4.78, 5) is 23.0. The van der Waals surface area contributed by atoms with Gasteiger partial charge in [-0.25, -0.2) is 4.79 Å². The van der Waals surface area contributed by atoms with Crippen molar-refractivity contribution in [3.05, 3.63) is 104 Å². The number of carbonyl (C=O) groups excluding carboxylic acids is 1. The van der Waals surface area contributed by atoms with Crippen molar-refractivity contribution < 1.29 is 23.9 Å². The van der Waals surface area contributed by atoms with Crippen LogP contribution in [0, 0.1) is 21.4 Å². The summed E-state index contributed by atoms with van der Waals surface area (Å²) in [7, 11) is 1.53. The number of para-hydroxylation sites is 1. The molecule has 4 rings (SSSR count). The Morgan fingerprint density at radius 2 is 1.94 bits per heavy atom. The van der Waals surface area contributed by atoms with Gasteiger partial charge in [-0.1, -0.05) is 35.9 Å². The number of hydrogen-bond acceptors (Lipinski definition) is 8. The number of allylic oxidation sites excluding steroid dienone is 1. The number of methoxy groups -OCH3 is 1. The molecule has 1 aliphatic rings. The molecular weight excluding hydrogens is 462 g/mol. The molecule has 0 bridgehead atoms. The minimum Gasteiger partial charge on any atom is -0.496 e. The zero-order chi connectivity index (χ0) is 24.4. The van der Waals surface area contributed by atoms with Gasteiger partial charge in [-0.3, -0.25) is 10.1 Å². The normalized spacial score (nSPS) is 14.4. The summed E-state index contributed by atoms with van der Waals surface area (Å²) >= 11 is 6.03. The Morgan fingerprint density at radius 1 is 1.18 bits per heavy atom. The molecule has 1 aliphatic heterocycles. The minimum atomic E-state index is -0.882. The van der Waals surface area contributed by atoms with E-state index in [9.17, 15) is 20.2 Å². The molecule has 9 nitrogen and oxygen atoms in total. The lowest BCUT2D eigenvalue weighted by molar-refractivity contribution is -0.384. The van der Waals surface area contributed by atoms with E-state index < -0.39 is 16.8 Å². The Morgan fingerprint density at radius 3 is 2.65 bits per heavy atom. The van der Waals surface area contributed by atoms with Gasteiger partial charge in [-0.05, 0) is 18.2 Å². The van der Waals surface area contributed by atoms with Gasteiger partial charge in [-0.2, -0.15) is 5.26 Å². The average molecular weight is 478 g/mol. The molecule has 1 unspecified atom stereocenters. The van der Waals surface area contributed by atoms with E-state index in [4.69, 9.17) is 31.5 Å². The summed E-state index contributed by atoms with van der Waals surface area (Å²) in [6.07, 6.45) is 0. The number of carbonyl (C=O) groups is 1. The Labute approximate surface area is 198 Å². The van der Waals surface area contributed by atoms with E-state index in [0.29, 0.717) is 16.9 Å². The van der Waals surface area contributed by atoms with Crippen LogP contribution in [0.25, 0.3) is 0 Å². The predicted molar refractivity (Wildman–Crippen MR) is 122 cm³/mol. The molecule has 170 valence electrons. The molecule has 0 aliphatic carbocycles. The van der Waals surface area contributed by atoms with Gasteiger partial charge in [-0.15, -0.1) is 0 Å². The van der Waals surface area contributed by atoms with Crippen molar-refractivity contribution >= 4 is 23.3 Å². The molecule has 3 aromatic carbocycles. The molecule has 34 heavy (non-hydrogen) atoms. The first kappa shape index (κ1) is 22.6. The average Bonchev–Trinajstić information content (AvgIpc) is 2.83. The minimum absolute atomic E-state index is 0.00638. The number of rotatable bonds is 5. The molecule has 0 aromatic heterocycles. The van der Waals surface area contributed by atoms with Crippen molar-refractivity contribution in [2.45, 2.75) is 5.92 Å². The summed E-state index contributed by atoms with van der Waals surface area (Å²) in [6.45, 7) is 0. The van der Waals surface area contributed by atoms with E-state index in [2.05, 4.69) is 6.07 Å². The van der Waals surface area contributed by atoms with Crippen LogP contribution in [-0.2, 0) is 0 Å². The fourth-order valence-electron chi connectivity index (χ4n) is 3.67. The second kappa shape index (κ2) is 9.13. The molecule has 1 heterocycles. The van der Waals surface area contributed by atoms with E-state index in [1.807, 2.05) is 18.2 Å². The quantitative estimate of drug-likeness (QED) is 0.241. The van der Waals surface area contributed by atoms with Gasteiger partial charge in [0.25, 0.3) is 5.69 Å². The summed E-state index contributed by atoms with van der Waals surface area (Å²) in [6, 6.07) is 17.4. The third-order valence-corrected chi connectivity index (χ3v) is 5.56. The lowest BCUT2D eigenvalue weighted by atomic mass is 9.83. The standard InChI is InChI=1S/C24H16ClN3O6/c1-32-20-5-3-2-4-15(20)22-16-8-7-14(11-21(16)34-23(27)18(22)12-26)33-24(29)17-10-13(28(30)31)6-9-19(17)25/h2-11,22H,27H2,1H3. The number of benzene rings is 3. The smallest absolute Gasteiger partial charge is 0.345 e. The molecule has 0 amide bonds. The fraction of sp³-hybridized carbons (Fsp3) is 0.0833. The van der Waals surface area contributed by atoms with Gasteiger partial charge in [0.2, 0.25) is 5.88 Å². The van der Waals surface area contributed by atoms with Crippen molar-refractivity contribution in [2.24, 2.45) is 5.73 Å². The van der Waals surface area contributed by atoms with Crippen molar-refractivity contribution in [1.82, 2.24) is 0 Å². The summed E-state index contributed by atoms with van der Waals surface area (Å²) in [5, 5.41) is 20.8. The first-order chi connectivity index (χ1) is 16.3. The van der Waals surface area contributed by atoms with Gasteiger partial charge >= 0.3 is 5.97 Å². The van der Waals surface area contributed by atoms with E-state index >= 15 is 0 Å². The number of nitro benzene ring substituents is 1. The second-order valence-electron chi connectivity index (χ2n) is 7.18. The zero-order valence-corrected chi connectivity index (χ0v) is 18.4. The molecular formula is C24H16ClN3O6. The highest BCUT2D eigenvalue weighted by Crippen LogP contribution is 2.45. The third-order valence-electron chi connectivity index (χ3n) is 5.23. The topological polar surface area (TPSA) is 138 Å². The number of halogens is 1. The molecule has 1 atom stereocenters. The maximum Gasteiger partial charge on any atom is 0.345 e. The van der Waals surface area contributed by atoms with Gasteiger partial charge in [0, 0.05) is 29.3 Å². The van der Waals surface area contributed by atoms with Crippen LogP contribution in [0.2, 0.25) is 5.02 Å². The largest absolute Gasteiger partial charge is 0.496 e. The number of non-ortho nitro benzene ring substituents is 1. The van der Waals surface area contributed by atoms with Gasteiger partial charge in [0.05, 0.1) is 28.5 Å². The van der Waals surface area contributed by atoms with Crippen LogP contribution >= 0.6 is 11.6 Å². The number of nitro groups is 1. The molecule has 3 aromatic rings. The highest BCUT2D eigenvalue weighted by molar-refractivity contribution is 6.33. The van der Waals surface area contributed by atoms with Gasteiger partial charge in [0.15, 0.2) is 0 Å². The maximum absolute atomic E-state index is 12.6. The van der Waals surface area contributed by atoms with Gasteiger partial charge in [0.1, 0.15) is 28.9 Å². The number of fused-ring (bicyclic) bond motifs is 1. The van der Waals surface area contributed by atoms with Crippen LogP contribution in [0.4, 0.5) is 5.69 Å². The van der Waals surface area contributed by atoms with Crippen LogP contribution in [0.15, 0.2) is 72.1 Å². The summed E-state index contributed by atoms with van der Waals surface area (Å²) in [5.74, 6) is -0.596. The molecule has 10 heteroatoms. The third kappa shape index (κ3) is 4.10. The number of nitrogens with two attached hydrogens (primary N) is 1. The number of esters is 1. The van der Waals surface area contributed by atoms with E-state index in [1.54, 1.807) is 12.1 Å². The van der Waals surface area contributed by atoms with Crippen molar-refractivity contribution in [3.8, 4) is 23.3 Å². The molecule has 0 spiro atoms. The highest BCUT2D eigenvalue weighted by Gasteiger charge is 2.33. The van der Waals surface area contributed by atoms with Crippen molar-refractivity contribution in [2.75, 3.05) is 7.11 Å². The number of ether oxygens (including phenoxy) is 3. The SMILES string of the molecule is COc1ccccc1C1C(C#N)=C(N)Oc2cc(OC(=O)c3cc([N+](=O)[O-])ccc3Cl)ccc21. The lowest BCUT2D eigenvalue weighted by Gasteiger charge is -2.27. The first-order valence-corrected chi connectivity index (χ1v) is 10.2. The predicted octanol–water partition coefficient (Wildman–Crippen LogP) is 4.69. The molecule has 0 radical (unpaired) electrons. The van der Waals surface area contributed by atoms with Crippen LogP contribution < -0.4 is 19.9 Å². The highest BCUT2D eigenvalue weighted by atomic mass is 35.5. The van der Waals surface area contributed by atoms with E-state index in [-0.39, 0.29) is 39.2 Å². The number of nitrogens with zero attached hydrogens (tertiary/aromatic N) is 2.